The summed E-state index contributed by atoms with van der Waals surface area (Å²) < 4.78 is 9.40. The minimum absolute atomic E-state index is 0.362. The number of rotatable bonds is 6. The molecule has 0 aromatic carbocycles. The van der Waals surface area contributed by atoms with Crippen LogP contribution in [0.4, 0.5) is 0 Å². The molecule has 0 radical (unpaired) electrons. The molecule has 6 nitrogen and oxygen atoms in total. The van der Waals surface area contributed by atoms with Gasteiger partial charge >= 0.3 is 11.9 Å². The first kappa shape index (κ1) is 16.2. The van der Waals surface area contributed by atoms with Crippen molar-refractivity contribution in [2.24, 2.45) is 0 Å². The van der Waals surface area contributed by atoms with Gasteiger partial charge in [-0.05, 0) is 27.7 Å². The highest BCUT2D eigenvalue weighted by molar-refractivity contribution is 8.01. The lowest BCUT2D eigenvalue weighted by Crippen LogP contribution is -2.30. The number of aliphatic hydroxyl groups is 2. The maximum absolute atomic E-state index is 11.2. The van der Waals surface area contributed by atoms with Crippen molar-refractivity contribution < 1.29 is 29.3 Å². The van der Waals surface area contributed by atoms with Crippen molar-refractivity contribution in [3.8, 4) is 0 Å². The summed E-state index contributed by atoms with van der Waals surface area (Å²) in [7, 11) is 0. The molecule has 100 valence electrons. The van der Waals surface area contributed by atoms with E-state index in [4.69, 9.17) is 9.47 Å². The van der Waals surface area contributed by atoms with E-state index in [-0.39, 0.29) is 12.2 Å². The first-order chi connectivity index (χ1) is 7.73. The molecule has 17 heavy (non-hydrogen) atoms. The molecule has 0 fully saturated rings. The average Bonchev–Trinajstić information content (AvgIpc) is 2.15. The van der Waals surface area contributed by atoms with Crippen LogP contribution in [0.25, 0.3) is 0 Å². The molecule has 2 N–H and O–H groups in total. The van der Waals surface area contributed by atoms with E-state index in [2.05, 4.69) is 0 Å². The Morgan fingerprint density at radius 2 is 1.18 bits per heavy atom. The Labute approximate surface area is 104 Å². The third-order valence-corrected chi connectivity index (χ3v) is 2.27. The van der Waals surface area contributed by atoms with E-state index in [0.717, 1.165) is 0 Å². The number of ether oxygens (including phenoxy) is 2. The molecule has 0 aromatic heterocycles. The van der Waals surface area contributed by atoms with E-state index < -0.39 is 22.8 Å². The Morgan fingerprint density at radius 3 is 1.41 bits per heavy atom. The summed E-state index contributed by atoms with van der Waals surface area (Å²) in [5.41, 5.74) is -3.24. The predicted octanol–water partition coefficient (Wildman–Crippen LogP) is 0.260. The fourth-order valence-corrected chi connectivity index (χ4v) is 1.39. The van der Waals surface area contributed by atoms with Gasteiger partial charge in [0, 0.05) is 0 Å². The highest BCUT2D eigenvalue weighted by Gasteiger charge is 2.27. The van der Waals surface area contributed by atoms with Crippen molar-refractivity contribution in [1.82, 2.24) is 0 Å². The molecule has 0 bridgehead atoms. The molecule has 0 aliphatic heterocycles. The summed E-state index contributed by atoms with van der Waals surface area (Å²) in [5, 5.41) is 18.7. The van der Waals surface area contributed by atoms with Gasteiger partial charge in [-0.15, -0.1) is 0 Å². The third-order valence-electron chi connectivity index (χ3n) is 1.36. The highest BCUT2D eigenvalue weighted by Crippen LogP contribution is 2.17. The Bertz CT molecular complexity index is 240. The van der Waals surface area contributed by atoms with Gasteiger partial charge in [0.15, 0.2) is 0 Å². The molecule has 2 atom stereocenters. The first-order valence-corrected chi connectivity index (χ1v) is 6.11. The summed E-state index contributed by atoms with van der Waals surface area (Å²) in [5.74, 6) is -1.80. The largest absolute Gasteiger partial charge is 0.460 e. The second-order valence-electron chi connectivity index (χ2n) is 3.81. The Morgan fingerprint density at radius 1 is 0.882 bits per heavy atom. The maximum Gasteiger partial charge on any atom is 0.345 e. The van der Waals surface area contributed by atoms with E-state index in [9.17, 15) is 19.8 Å². The Kier molecular flexibility index (Phi) is 7.17. The molecule has 0 saturated carbocycles. The number of esters is 2. The van der Waals surface area contributed by atoms with Crippen LogP contribution in [-0.4, -0.2) is 45.2 Å². The molecule has 0 saturated heterocycles. The molecule has 7 heteroatoms. The lowest BCUT2D eigenvalue weighted by molar-refractivity contribution is -0.153. The molecule has 0 aromatic rings. The quantitative estimate of drug-likeness (QED) is 0.526. The number of hydrogen-bond donors (Lipinski definition) is 2. The van der Waals surface area contributed by atoms with Crippen LogP contribution >= 0.6 is 11.8 Å². The van der Waals surface area contributed by atoms with Gasteiger partial charge in [-0.3, -0.25) is 0 Å². The summed E-state index contributed by atoms with van der Waals surface area (Å²) in [4.78, 5) is 22.4. The van der Waals surface area contributed by atoms with E-state index >= 15 is 0 Å². The summed E-state index contributed by atoms with van der Waals surface area (Å²) >= 11 is 0.362. The molecule has 0 amide bonds. The van der Waals surface area contributed by atoms with Gasteiger partial charge in [-0.1, -0.05) is 11.8 Å². The zero-order valence-corrected chi connectivity index (χ0v) is 11.1. The summed E-state index contributed by atoms with van der Waals surface area (Å²) in [6.07, 6.45) is -0.755. The van der Waals surface area contributed by atoms with Crippen LogP contribution in [-0.2, 0) is 19.1 Å². The topological polar surface area (TPSA) is 93.1 Å². The van der Waals surface area contributed by atoms with Gasteiger partial charge in [0.05, 0.1) is 12.2 Å². The highest BCUT2D eigenvalue weighted by atomic mass is 32.2. The monoisotopic (exact) mass is 266 g/mol. The van der Waals surface area contributed by atoms with Crippen LogP contribution in [0.2, 0.25) is 0 Å². The first-order valence-electron chi connectivity index (χ1n) is 5.16. The second kappa shape index (κ2) is 7.52. The minimum atomic E-state index is -1.62. The van der Waals surface area contributed by atoms with E-state index in [1.54, 1.807) is 27.7 Å². The molecular weight excluding hydrogens is 248 g/mol. The van der Waals surface area contributed by atoms with E-state index in [0.29, 0.717) is 11.8 Å². The standard InChI is InChI=1S/C10H18O6S/c1-5(2)15-7(11)9(13)17-10(14)8(12)16-6(3)4/h5-6,9-10,13-14H,1-4H3. The number of carbonyl (C=O) groups excluding carboxylic acids is 2. The summed E-state index contributed by atoms with van der Waals surface area (Å²) in [6.45, 7) is 6.50. The van der Waals surface area contributed by atoms with Crippen molar-refractivity contribution in [2.75, 3.05) is 0 Å². The van der Waals surface area contributed by atoms with Crippen molar-refractivity contribution in [3.05, 3.63) is 0 Å². The van der Waals surface area contributed by atoms with Crippen LogP contribution in [0.5, 0.6) is 0 Å². The molecular formula is C10H18O6S. The number of thioether (sulfide) groups is 1. The molecule has 0 heterocycles. The van der Waals surface area contributed by atoms with Gasteiger partial charge in [-0.2, -0.15) is 0 Å². The van der Waals surface area contributed by atoms with Crippen LogP contribution in [0, 0.1) is 0 Å². The molecule has 0 aliphatic rings. The van der Waals surface area contributed by atoms with Crippen molar-refractivity contribution >= 4 is 23.7 Å². The number of carbonyl (C=O) groups is 2. The van der Waals surface area contributed by atoms with Gasteiger partial charge in [-0.25, -0.2) is 9.59 Å². The lowest BCUT2D eigenvalue weighted by atomic mass is 10.5. The van der Waals surface area contributed by atoms with E-state index in [1.165, 1.54) is 0 Å². The van der Waals surface area contributed by atoms with Gasteiger partial charge < -0.3 is 19.7 Å². The fourth-order valence-electron chi connectivity index (χ4n) is 0.814. The maximum atomic E-state index is 11.2. The summed E-state index contributed by atoms with van der Waals surface area (Å²) in [6, 6.07) is 0. The fraction of sp³-hybridized carbons (Fsp3) is 0.800. The van der Waals surface area contributed by atoms with E-state index in [1.807, 2.05) is 0 Å². The van der Waals surface area contributed by atoms with Crippen LogP contribution in [0.15, 0.2) is 0 Å². The Hall–Kier alpha value is -0.790. The van der Waals surface area contributed by atoms with Crippen LogP contribution < -0.4 is 0 Å². The normalized spacial score (nSPS) is 14.6. The number of hydrogen-bond acceptors (Lipinski definition) is 7. The second-order valence-corrected chi connectivity index (χ2v) is 4.98. The van der Waals surface area contributed by atoms with Crippen molar-refractivity contribution in [2.45, 2.75) is 50.8 Å². The van der Waals surface area contributed by atoms with Crippen molar-refractivity contribution in [3.63, 3.8) is 0 Å². The zero-order chi connectivity index (χ0) is 13.6. The predicted molar refractivity (Wildman–Crippen MR) is 62.1 cm³/mol. The molecule has 2 unspecified atom stereocenters. The smallest absolute Gasteiger partial charge is 0.345 e. The minimum Gasteiger partial charge on any atom is -0.460 e. The Balaban J connectivity index is 4.14. The molecule has 0 aliphatic carbocycles. The third kappa shape index (κ3) is 7.19. The molecule has 0 spiro atoms. The number of aliphatic hydroxyl groups excluding tert-OH is 2. The van der Waals surface area contributed by atoms with Crippen LogP contribution in [0.3, 0.4) is 0 Å². The van der Waals surface area contributed by atoms with Gasteiger partial charge in [0.2, 0.25) is 10.9 Å². The average molecular weight is 266 g/mol. The SMILES string of the molecule is CC(C)OC(=O)C(O)SC(O)C(=O)OC(C)C. The van der Waals surface area contributed by atoms with Crippen molar-refractivity contribution in [1.29, 1.82) is 0 Å². The van der Waals surface area contributed by atoms with Crippen LogP contribution in [0.1, 0.15) is 27.7 Å². The van der Waals surface area contributed by atoms with Gasteiger partial charge in [0.1, 0.15) is 0 Å². The molecule has 0 rings (SSSR count). The zero-order valence-electron chi connectivity index (χ0n) is 10.2. The van der Waals surface area contributed by atoms with Gasteiger partial charge in [0.25, 0.3) is 0 Å². The lowest BCUT2D eigenvalue weighted by Gasteiger charge is -2.16.